The molecule has 0 saturated carbocycles. The van der Waals surface area contributed by atoms with Crippen LogP contribution in [0, 0.1) is 34.6 Å². The van der Waals surface area contributed by atoms with E-state index in [0.29, 0.717) is 0 Å². The van der Waals surface area contributed by atoms with Gasteiger partial charge in [0.2, 0.25) is 0 Å². The van der Waals surface area contributed by atoms with E-state index in [2.05, 4.69) is 99.7 Å². The predicted molar refractivity (Wildman–Crippen MR) is 204 cm³/mol. The molecule has 0 aliphatic rings. The lowest BCUT2D eigenvalue weighted by Gasteiger charge is -2.16. The van der Waals surface area contributed by atoms with Crippen LogP contribution in [0.15, 0.2) is 122 Å². The third-order valence-corrected chi connectivity index (χ3v) is 9.74. The summed E-state index contributed by atoms with van der Waals surface area (Å²) in [5.74, 6) is 1.46. The molecule has 0 fully saturated rings. The van der Waals surface area contributed by atoms with Gasteiger partial charge >= 0.3 is 0 Å². The molecule has 0 aliphatic heterocycles. The molecule has 0 amide bonds. The van der Waals surface area contributed by atoms with Crippen LogP contribution in [0.2, 0.25) is 0 Å². The Balaban J connectivity index is 1.05. The van der Waals surface area contributed by atoms with E-state index in [1.807, 2.05) is 65.6 Å². The van der Waals surface area contributed by atoms with Crippen molar-refractivity contribution in [3.63, 3.8) is 0 Å². The lowest BCUT2D eigenvalue weighted by Crippen LogP contribution is -1.98. The molecular formula is C44H35N5O. The minimum absolute atomic E-state index is 0.728. The summed E-state index contributed by atoms with van der Waals surface area (Å²) in [5.41, 5.74) is 15.6. The second kappa shape index (κ2) is 11.4. The van der Waals surface area contributed by atoms with Gasteiger partial charge in [-0.1, -0.05) is 48.0 Å². The fourth-order valence-corrected chi connectivity index (χ4v) is 7.79. The highest BCUT2D eigenvalue weighted by Gasteiger charge is 2.17. The van der Waals surface area contributed by atoms with Gasteiger partial charge in [-0.05, 0) is 134 Å². The van der Waals surface area contributed by atoms with Crippen LogP contribution in [-0.2, 0) is 0 Å². The van der Waals surface area contributed by atoms with Crippen LogP contribution in [0.1, 0.15) is 27.8 Å². The van der Waals surface area contributed by atoms with Gasteiger partial charge in [0.1, 0.15) is 22.8 Å². The van der Waals surface area contributed by atoms with E-state index in [0.717, 1.165) is 61.4 Å². The maximum absolute atomic E-state index is 6.50. The molecule has 0 unspecified atom stereocenters. The number of ether oxygens (including phenoxy) is 1. The van der Waals surface area contributed by atoms with Crippen LogP contribution in [-0.4, -0.2) is 24.1 Å². The molecule has 6 nitrogen and oxygen atoms in total. The van der Waals surface area contributed by atoms with Gasteiger partial charge in [-0.3, -0.25) is 4.40 Å². The van der Waals surface area contributed by atoms with E-state index >= 15 is 0 Å². The van der Waals surface area contributed by atoms with E-state index in [4.69, 9.17) is 19.8 Å². The van der Waals surface area contributed by atoms with E-state index in [1.54, 1.807) is 0 Å². The Bertz CT molecular complexity index is 2760. The predicted octanol–water partition coefficient (Wildman–Crippen LogP) is 11.0. The van der Waals surface area contributed by atoms with Crippen LogP contribution >= 0.6 is 0 Å². The van der Waals surface area contributed by atoms with Gasteiger partial charge in [0.25, 0.3) is 0 Å². The zero-order valence-corrected chi connectivity index (χ0v) is 28.7. The fraction of sp³-hybridized carbons (Fsp3) is 0.114. The van der Waals surface area contributed by atoms with Gasteiger partial charge in [-0.15, -0.1) is 0 Å². The van der Waals surface area contributed by atoms with Crippen LogP contribution < -0.4 is 4.74 Å². The summed E-state index contributed by atoms with van der Waals surface area (Å²) in [6, 6.07) is 37.7. The molecule has 0 radical (unpaired) electrons. The largest absolute Gasteiger partial charge is 0.457 e. The van der Waals surface area contributed by atoms with Gasteiger partial charge < -0.3 is 4.74 Å². The SMILES string of the molecule is Cc1cc(C)c(-c2cc(C)c(-c3ccn(-c4cccc(Oc5ccc6c7cccnc7n7c8ccccc8nc7c6c5)c4)n3)c(C)c2)c(C)c1. The standard InChI is InChI=1S/C44H35N5O/c1-26-20-27(2)41(28(3)21-26)31-22-29(4)42(30(5)23-31)39-17-19-48(47-39)32-10-8-11-33(24-32)50-34-15-16-35-36-12-9-18-45-43(36)49-40-14-7-6-13-38(40)46-44(49)37(35)25-34/h6-25H,1-5H3. The quantitative estimate of drug-likeness (QED) is 0.174. The molecule has 242 valence electrons. The molecule has 0 N–H and O–H groups in total. The topological polar surface area (TPSA) is 57.2 Å². The van der Waals surface area contributed by atoms with Crippen molar-refractivity contribution in [2.45, 2.75) is 34.6 Å². The molecule has 5 aromatic carbocycles. The first-order valence-electron chi connectivity index (χ1n) is 16.9. The van der Waals surface area contributed by atoms with Crippen LogP contribution in [0.3, 0.4) is 0 Å². The fourth-order valence-electron chi connectivity index (χ4n) is 7.79. The van der Waals surface area contributed by atoms with E-state index in [-0.39, 0.29) is 0 Å². The minimum atomic E-state index is 0.728. The molecule has 0 atom stereocenters. The van der Waals surface area contributed by atoms with E-state index < -0.39 is 0 Å². The van der Waals surface area contributed by atoms with Crippen molar-refractivity contribution in [3.8, 4) is 39.6 Å². The maximum atomic E-state index is 6.50. The molecule has 9 rings (SSSR count). The first-order chi connectivity index (χ1) is 24.3. The van der Waals surface area contributed by atoms with Gasteiger partial charge in [0, 0.05) is 34.8 Å². The Morgan fingerprint density at radius 2 is 1.34 bits per heavy atom. The highest BCUT2D eigenvalue weighted by Crippen LogP contribution is 2.37. The normalized spacial score (nSPS) is 11.7. The number of para-hydroxylation sites is 2. The summed E-state index contributed by atoms with van der Waals surface area (Å²) in [6.07, 6.45) is 3.85. The average molecular weight is 650 g/mol. The first kappa shape index (κ1) is 29.8. The lowest BCUT2D eigenvalue weighted by molar-refractivity contribution is 0.483. The third-order valence-electron chi connectivity index (χ3n) is 9.74. The number of rotatable bonds is 5. The van der Waals surface area contributed by atoms with Crippen molar-refractivity contribution < 1.29 is 4.74 Å². The Kier molecular flexibility index (Phi) is 6.81. The number of benzene rings is 5. The molecule has 0 spiro atoms. The van der Waals surface area contributed by atoms with Crippen molar-refractivity contribution in [2.75, 3.05) is 0 Å². The molecule has 0 saturated heterocycles. The number of hydrogen-bond donors (Lipinski definition) is 0. The number of imidazole rings is 1. The number of nitrogens with zero attached hydrogens (tertiary/aromatic N) is 5. The summed E-state index contributed by atoms with van der Waals surface area (Å²) in [4.78, 5) is 9.77. The van der Waals surface area contributed by atoms with E-state index in [9.17, 15) is 0 Å². The highest BCUT2D eigenvalue weighted by atomic mass is 16.5. The smallest absolute Gasteiger partial charge is 0.147 e. The Morgan fingerprint density at radius 1 is 0.580 bits per heavy atom. The zero-order chi connectivity index (χ0) is 34.1. The Hall–Kier alpha value is -6.27. The number of aromatic nitrogens is 5. The van der Waals surface area contributed by atoms with Crippen LogP contribution in [0.4, 0.5) is 0 Å². The first-order valence-corrected chi connectivity index (χ1v) is 16.9. The zero-order valence-electron chi connectivity index (χ0n) is 28.7. The summed E-state index contributed by atoms with van der Waals surface area (Å²) >= 11 is 0. The summed E-state index contributed by atoms with van der Waals surface area (Å²) < 4.78 is 10.6. The van der Waals surface area contributed by atoms with Gasteiger partial charge in [0.05, 0.1) is 22.4 Å². The van der Waals surface area contributed by atoms with Gasteiger partial charge in [-0.2, -0.15) is 5.10 Å². The Labute approximate surface area is 290 Å². The van der Waals surface area contributed by atoms with Crippen molar-refractivity contribution in [2.24, 2.45) is 0 Å². The maximum Gasteiger partial charge on any atom is 0.147 e. The Morgan fingerprint density at radius 3 is 2.16 bits per heavy atom. The van der Waals surface area contributed by atoms with Gasteiger partial charge in [0.15, 0.2) is 0 Å². The molecule has 4 aromatic heterocycles. The second-order valence-corrected chi connectivity index (χ2v) is 13.3. The highest BCUT2D eigenvalue weighted by molar-refractivity contribution is 6.13. The van der Waals surface area contributed by atoms with E-state index in [1.165, 1.54) is 44.5 Å². The molecule has 0 aliphatic carbocycles. The van der Waals surface area contributed by atoms with Crippen molar-refractivity contribution in [1.82, 2.24) is 24.1 Å². The number of hydrogen-bond acceptors (Lipinski definition) is 4. The lowest BCUT2D eigenvalue weighted by atomic mass is 9.89. The van der Waals surface area contributed by atoms with Crippen LogP contribution in [0.25, 0.3) is 66.6 Å². The molecule has 6 heteroatoms. The van der Waals surface area contributed by atoms with Crippen molar-refractivity contribution in [3.05, 3.63) is 149 Å². The number of aryl methyl sites for hydroxylation is 5. The summed E-state index contributed by atoms with van der Waals surface area (Å²) in [7, 11) is 0. The molecule has 0 bridgehead atoms. The average Bonchev–Trinajstić information content (AvgIpc) is 3.74. The second-order valence-electron chi connectivity index (χ2n) is 13.3. The summed E-state index contributed by atoms with van der Waals surface area (Å²) in [6.45, 7) is 10.9. The molecule has 9 aromatic rings. The van der Waals surface area contributed by atoms with Crippen LogP contribution in [0.5, 0.6) is 11.5 Å². The summed E-state index contributed by atoms with van der Waals surface area (Å²) in [5, 5.41) is 8.21. The minimum Gasteiger partial charge on any atom is -0.457 e. The third kappa shape index (κ3) is 4.83. The monoisotopic (exact) mass is 649 g/mol. The molecule has 4 heterocycles. The molecular weight excluding hydrogens is 615 g/mol. The number of pyridine rings is 2. The molecule has 50 heavy (non-hydrogen) atoms. The number of fused-ring (bicyclic) bond motifs is 8. The van der Waals surface area contributed by atoms with Crippen molar-refractivity contribution >= 4 is 38.5 Å². The van der Waals surface area contributed by atoms with Crippen molar-refractivity contribution in [1.29, 1.82) is 0 Å². The van der Waals surface area contributed by atoms with Gasteiger partial charge in [-0.25, -0.2) is 14.6 Å².